The molecule has 0 aliphatic heterocycles. The number of benzene rings is 1. The van der Waals surface area contributed by atoms with E-state index in [9.17, 15) is 9.59 Å². The highest BCUT2D eigenvalue weighted by Crippen LogP contribution is 2.32. The van der Waals surface area contributed by atoms with Gasteiger partial charge in [0.05, 0.1) is 12.1 Å². The molecule has 1 heterocycles. The molecule has 22 heavy (non-hydrogen) atoms. The maximum absolute atomic E-state index is 11.7. The van der Waals surface area contributed by atoms with Crippen LogP contribution in [0.1, 0.15) is 28.8 Å². The number of hydrogen-bond donors (Lipinski definition) is 2. The van der Waals surface area contributed by atoms with Crippen LogP contribution in [0.4, 0.5) is 5.13 Å². The van der Waals surface area contributed by atoms with E-state index >= 15 is 0 Å². The molecule has 0 unspecified atom stereocenters. The van der Waals surface area contributed by atoms with E-state index in [0.717, 1.165) is 21.7 Å². The number of aliphatic carboxylic acids is 1. The lowest BCUT2D eigenvalue weighted by molar-refractivity contribution is -0.138. The zero-order valence-corrected chi connectivity index (χ0v) is 13.6. The maximum atomic E-state index is 11.7. The first-order chi connectivity index (χ1) is 10.4. The minimum Gasteiger partial charge on any atom is -0.481 e. The number of carbonyl (C=O) groups excluding carboxylic acids is 1. The van der Waals surface area contributed by atoms with Crippen molar-refractivity contribution < 1.29 is 14.7 Å². The van der Waals surface area contributed by atoms with E-state index in [-0.39, 0.29) is 18.7 Å². The van der Waals surface area contributed by atoms with Gasteiger partial charge in [-0.3, -0.25) is 9.59 Å². The molecule has 2 N–H and O–H groups in total. The summed E-state index contributed by atoms with van der Waals surface area (Å²) in [6.45, 7) is 6.03. The van der Waals surface area contributed by atoms with E-state index < -0.39 is 5.97 Å². The Morgan fingerprint density at radius 1 is 1.23 bits per heavy atom. The fourth-order valence-electron chi connectivity index (χ4n) is 2.18. The molecule has 1 aromatic heterocycles. The second-order valence-corrected chi connectivity index (χ2v) is 6.39. The number of thiazole rings is 1. The highest BCUT2D eigenvalue weighted by atomic mass is 32.1. The minimum atomic E-state index is -0.985. The van der Waals surface area contributed by atoms with Gasteiger partial charge in [-0.1, -0.05) is 23.8 Å². The Hall–Kier alpha value is -2.21. The van der Waals surface area contributed by atoms with Crippen molar-refractivity contribution in [2.45, 2.75) is 33.6 Å². The van der Waals surface area contributed by atoms with Gasteiger partial charge in [-0.15, -0.1) is 11.3 Å². The van der Waals surface area contributed by atoms with Crippen molar-refractivity contribution >= 4 is 28.3 Å². The Morgan fingerprint density at radius 3 is 2.59 bits per heavy atom. The third kappa shape index (κ3) is 3.92. The molecule has 0 saturated heterocycles. The number of carbonyl (C=O) groups is 2. The van der Waals surface area contributed by atoms with Crippen LogP contribution in [-0.4, -0.2) is 22.0 Å². The van der Waals surface area contributed by atoms with Crippen LogP contribution in [-0.2, 0) is 9.59 Å². The van der Waals surface area contributed by atoms with Crippen molar-refractivity contribution in [3.63, 3.8) is 0 Å². The van der Waals surface area contributed by atoms with Crippen LogP contribution < -0.4 is 5.32 Å². The van der Waals surface area contributed by atoms with Gasteiger partial charge in [0.25, 0.3) is 0 Å². The standard InChI is InChI=1S/C16H18N2O3S/c1-9-4-5-12(10(2)8-9)15-11(3)22-16(18-15)17-13(19)6-7-14(20)21/h4-5,8H,6-7H2,1-3H3,(H,20,21)(H,17,18,19). The van der Waals surface area contributed by atoms with Gasteiger partial charge in [-0.25, -0.2) is 4.98 Å². The van der Waals surface area contributed by atoms with E-state index in [4.69, 9.17) is 5.11 Å². The summed E-state index contributed by atoms with van der Waals surface area (Å²) in [6.07, 6.45) is -0.229. The van der Waals surface area contributed by atoms with E-state index in [1.807, 2.05) is 32.9 Å². The lowest BCUT2D eigenvalue weighted by Gasteiger charge is -2.05. The van der Waals surface area contributed by atoms with Gasteiger partial charge in [-0.05, 0) is 26.3 Å². The second-order valence-electron chi connectivity index (χ2n) is 5.18. The molecule has 6 heteroatoms. The Labute approximate surface area is 133 Å². The summed E-state index contributed by atoms with van der Waals surface area (Å²) in [7, 11) is 0. The third-order valence-corrected chi connectivity index (χ3v) is 4.13. The number of anilines is 1. The molecule has 0 saturated carbocycles. The van der Waals surface area contributed by atoms with Crippen LogP contribution in [0.5, 0.6) is 0 Å². The summed E-state index contributed by atoms with van der Waals surface area (Å²) >= 11 is 1.39. The van der Waals surface area contributed by atoms with Gasteiger partial charge in [0, 0.05) is 16.9 Å². The van der Waals surface area contributed by atoms with Crippen molar-refractivity contribution in [2.24, 2.45) is 0 Å². The van der Waals surface area contributed by atoms with Gasteiger partial charge >= 0.3 is 5.97 Å². The molecule has 5 nitrogen and oxygen atoms in total. The number of nitrogens with zero attached hydrogens (tertiary/aromatic N) is 1. The number of aryl methyl sites for hydroxylation is 3. The molecule has 0 aliphatic carbocycles. The van der Waals surface area contributed by atoms with Crippen LogP contribution in [0.15, 0.2) is 18.2 Å². The number of carboxylic acid groups (broad SMARTS) is 1. The fraction of sp³-hybridized carbons (Fsp3) is 0.312. The molecule has 1 amide bonds. The quantitative estimate of drug-likeness (QED) is 0.883. The smallest absolute Gasteiger partial charge is 0.303 e. The van der Waals surface area contributed by atoms with Crippen LogP contribution in [0.25, 0.3) is 11.3 Å². The van der Waals surface area contributed by atoms with Gasteiger partial charge < -0.3 is 10.4 Å². The Kier molecular flexibility index (Phi) is 4.92. The summed E-state index contributed by atoms with van der Waals surface area (Å²) in [5.74, 6) is -1.32. The van der Waals surface area contributed by atoms with Crippen LogP contribution >= 0.6 is 11.3 Å². The first-order valence-corrected chi connectivity index (χ1v) is 7.75. The molecule has 0 radical (unpaired) electrons. The monoisotopic (exact) mass is 318 g/mol. The molecular weight excluding hydrogens is 300 g/mol. The van der Waals surface area contributed by atoms with Crippen molar-refractivity contribution in [3.8, 4) is 11.3 Å². The summed E-state index contributed by atoms with van der Waals surface area (Å²) in [5, 5.41) is 11.8. The molecule has 0 spiro atoms. The zero-order chi connectivity index (χ0) is 16.3. The maximum Gasteiger partial charge on any atom is 0.303 e. The highest BCUT2D eigenvalue weighted by molar-refractivity contribution is 7.16. The normalized spacial score (nSPS) is 10.5. The van der Waals surface area contributed by atoms with Gasteiger partial charge in [0.1, 0.15) is 0 Å². The molecular formula is C16H18N2O3S. The largest absolute Gasteiger partial charge is 0.481 e. The summed E-state index contributed by atoms with van der Waals surface area (Å²) in [4.78, 5) is 27.6. The van der Waals surface area contributed by atoms with E-state index in [2.05, 4.69) is 16.4 Å². The van der Waals surface area contributed by atoms with Crippen molar-refractivity contribution in [2.75, 3.05) is 5.32 Å². The molecule has 2 aromatic rings. The molecule has 116 valence electrons. The number of aromatic nitrogens is 1. The third-order valence-electron chi connectivity index (χ3n) is 3.25. The van der Waals surface area contributed by atoms with Gasteiger partial charge in [-0.2, -0.15) is 0 Å². The summed E-state index contributed by atoms with van der Waals surface area (Å²) < 4.78 is 0. The molecule has 2 rings (SSSR count). The van der Waals surface area contributed by atoms with Crippen molar-refractivity contribution in [3.05, 3.63) is 34.2 Å². The summed E-state index contributed by atoms with van der Waals surface area (Å²) in [6, 6.07) is 6.16. The minimum absolute atomic E-state index is 0.0488. The van der Waals surface area contributed by atoms with Crippen LogP contribution in [0, 0.1) is 20.8 Å². The molecule has 0 aliphatic rings. The van der Waals surface area contributed by atoms with Crippen molar-refractivity contribution in [1.82, 2.24) is 4.98 Å². The second kappa shape index (κ2) is 6.70. The van der Waals surface area contributed by atoms with E-state index in [1.54, 1.807) is 0 Å². The molecule has 0 atom stereocenters. The Balaban J connectivity index is 2.17. The van der Waals surface area contributed by atoms with Gasteiger partial charge in [0.15, 0.2) is 5.13 Å². The average molecular weight is 318 g/mol. The lowest BCUT2D eigenvalue weighted by atomic mass is 10.0. The number of nitrogens with one attached hydrogen (secondary N) is 1. The highest BCUT2D eigenvalue weighted by Gasteiger charge is 2.14. The van der Waals surface area contributed by atoms with E-state index in [1.165, 1.54) is 16.9 Å². The van der Waals surface area contributed by atoms with Gasteiger partial charge in [0.2, 0.25) is 5.91 Å². The number of rotatable bonds is 5. The summed E-state index contributed by atoms with van der Waals surface area (Å²) in [5.41, 5.74) is 4.23. The van der Waals surface area contributed by atoms with Crippen LogP contribution in [0.3, 0.4) is 0 Å². The number of carboxylic acids is 1. The first kappa shape index (κ1) is 16.2. The van der Waals surface area contributed by atoms with Crippen molar-refractivity contribution in [1.29, 1.82) is 0 Å². The lowest BCUT2D eigenvalue weighted by Crippen LogP contribution is -2.12. The van der Waals surface area contributed by atoms with Crippen LogP contribution in [0.2, 0.25) is 0 Å². The first-order valence-electron chi connectivity index (χ1n) is 6.93. The molecule has 1 aromatic carbocycles. The Morgan fingerprint density at radius 2 is 1.95 bits per heavy atom. The average Bonchev–Trinajstić information content (AvgIpc) is 2.77. The number of hydrogen-bond acceptors (Lipinski definition) is 4. The Bertz CT molecular complexity index is 722. The topological polar surface area (TPSA) is 79.3 Å². The molecule has 0 fully saturated rings. The van der Waals surface area contributed by atoms with E-state index in [0.29, 0.717) is 5.13 Å². The fourth-order valence-corrected chi connectivity index (χ4v) is 3.03. The zero-order valence-electron chi connectivity index (χ0n) is 12.8. The SMILES string of the molecule is Cc1ccc(-c2nc(NC(=O)CCC(=O)O)sc2C)c(C)c1. The number of amides is 1. The molecule has 0 bridgehead atoms. The predicted molar refractivity (Wildman–Crippen MR) is 87.3 cm³/mol. The predicted octanol–water partition coefficient (Wildman–Crippen LogP) is 3.54.